The average molecular weight is 340 g/mol. The molecule has 0 saturated carbocycles. The minimum absolute atomic E-state index is 0.123. The first-order valence-corrected chi connectivity index (χ1v) is 8.84. The number of hydrogen-bond acceptors (Lipinski definition) is 6. The van der Waals surface area contributed by atoms with E-state index in [1.165, 1.54) is 7.11 Å². The Bertz CT molecular complexity index is 721. The number of aromatic nitrogens is 3. The Morgan fingerprint density at radius 1 is 1.32 bits per heavy atom. The summed E-state index contributed by atoms with van der Waals surface area (Å²) in [4.78, 5) is 27.8. The van der Waals surface area contributed by atoms with Crippen LogP contribution in [0.1, 0.15) is 38.3 Å². The molecule has 0 N–H and O–H groups in total. The Morgan fingerprint density at radius 2 is 2.20 bits per heavy atom. The van der Waals surface area contributed by atoms with Crippen molar-refractivity contribution < 1.29 is 9.53 Å². The van der Waals surface area contributed by atoms with Crippen molar-refractivity contribution in [1.82, 2.24) is 15.0 Å². The standard InChI is InChI=1S/C19H24N4O2/c1-3-14-12-17(22-19(21-14)16-9-4-6-10-20-16)23-11-7-5-8-15(23)13-18(24)25-2/h4,6,9-10,12,15H,3,5,7-8,11,13H2,1-2H3. The molecule has 1 saturated heterocycles. The highest BCUT2D eigenvalue weighted by molar-refractivity contribution is 5.71. The van der Waals surface area contributed by atoms with Crippen LogP contribution in [-0.2, 0) is 16.0 Å². The summed E-state index contributed by atoms with van der Waals surface area (Å²) in [6, 6.07) is 7.89. The van der Waals surface area contributed by atoms with Crippen LogP contribution in [0.15, 0.2) is 30.5 Å². The van der Waals surface area contributed by atoms with Crippen LogP contribution >= 0.6 is 0 Å². The Kier molecular flexibility index (Phi) is 5.58. The number of esters is 1. The Hall–Kier alpha value is -2.50. The van der Waals surface area contributed by atoms with E-state index in [1.54, 1.807) is 6.20 Å². The van der Waals surface area contributed by atoms with Gasteiger partial charge < -0.3 is 9.64 Å². The third kappa shape index (κ3) is 4.13. The summed E-state index contributed by atoms with van der Waals surface area (Å²) in [6.07, 6.45) is 6.15. The van der Waals surface area contributed by atoms with E-state index in [1.807, 2.05) is 24.3 Å². The molecule has 0 spiro atoms. The zero-order valence-corrected chi connectivity index (χ0v) is 14.8. The van der Waals surface area contributed by atoms with Crippen LogP contribution in [-0.4, -0.2) is 40.6 Å². The SMILES string of the molecule is CCc1cc(N2CCCCC2CC(=O)OC)nc(-c2ccccn2)n1. The molecule has 2 aromatic rings. The molecule has 25 heavy (non-hydrogen) atoms. The minimum Gasteiger partial charge on any atom is -0.469 e. The molecule has 0 bridgehead atoms. The minimum atomic E-state index is -0.174. The van der Waals surface area contributed by atoms with E-state index in [9.17, 15) is 4.79 Å². The van der Waals surface area contributed by atoms with Crippen LogP contribution in [0, 0.1) is 0 Å². The van der Waals surface area contributed by atoms with Gasteiger partial charge in [-0.05, 0) is 37.8 Å². The largest absolute Gasteiger partial charge is 0.469 e. The maximum absolute atomic E-state index is 11.8. The molecule has 2 aromatic heterocycles. The summed E-state index contributed by atoms with van der Waals surface area (Å²) < 4.78 is 4.87. The first-order chi connectivity index (χ1) is 12.2. The summed E-state index contributed by atoms with van der Waals surface area (Å²) in [6.45, 7) is 2.97. The fourth-order valence-electron chi connectivity index (χ4n) is 3.21. The lowest BCUT2D eigenvalue weighted by Gasteiger charge is -2.36. The quantitative estimate of drug-likeness (QED) is 0.779. The number of ether oxygens (including phenoxy) is 1. The number of methoxy groups -OCH3 is 1. The van der Waals surface area contributed by atoms with Crippen LogP contribution < -0.4 is 4.90 Å². The fraction of sp³-hybridized carbons (Fsp3) is 0.474. The maximum Gasteiger partial charge on any atom is 0.307 e. The predicted octanol–water partition coefficient (Wildman–Crippen LogP) is 3.02. The number of piperidine rings is 1. The molecule has 6 nitrogen and oxygen atoms in total. The lowest BCUT2D eigenvalue weighted by atomic mass is 9.99. The molecule has 6 heteroatoms. The van der Waals surface area contributed by atoms with Gasteiger partial charge in [0.25, 0.3) is 0 Å². The Balaban J connectivity index is 1.95. The lowest BCUT2D eigenvalue weighted by molar-refractivity contribution is -0.141. The molecule has 0 aliphatic carbocycles. The van der Waals surface area contributed by atoms with Crippen LogP contribution in [0.5, 0.6) is 0 Å². The maximum atomic E-state index is 11.8. The molecule has 1 unspecified atom stereocenters. The number of hydrogen-bond donors (Lipinski definition) is 0. The lowest BCUT2D eigenvalue weighted by Crippen LogP contribution is -2.41. The molecule has 3 rings (SSSR count). The van der Waals surface area contributed by atoms with E-state index >= 15 is 0 Å². The molecule has 1 fully saturated rings. The summed E-state index contributed by atoms with van der Waals surface area (Å²) >= 11 is 0. The number of aryl methyl sites for hydroxylation is 1. The van der Waals surface area contributed by atoms with E-state index in [-0.39, 0.29) is 12.0 Å². The highest BCUT2D eigenvalue weighted by Gasteiger charge is 2.27. The molecule has 1 atom stereocenters. The van der Waals surface area contributed by atoms with Gasteiger partial charge in [-0.25, -0.2) is 9.97 Å². The molecule has 1 aliphatic heterocycles. The van der Waals surface area contributed by atoms with Gasteiger partial charge in [0.05, 0.1) is 13.5 Å². The van der Waals surface area contributed by atoms with Gasteiger partial charge in [-0.3, -0.25) is 9.78 Å². The van der Waals surface area contributed by atoms with Gasteiger partial charge in [0.1, 0.15) is 11.5 Å². The van der Waals surface area contributed by atoms with Crippen molar-refractivity contribution in [1.29, 1.82) is 0 Å². The van der Waals surface area contributed by atoms with Crippen LogP contribution in [0.2, 0.25) is 0 Å². The summed E-state index contributed by atoms with van der Waals surface area (Å²) in [5.41, 5.74) is 1.74. The first kappa shape index (κ1) is 17.3. The van der Waals surface area contributed by atoms with Crippen molar-refractivity contribution in [3.8, 4) is 11.5 Å². The Labute approximate surface area is 148 Å². The van der Waals surface area contributed by atoms with Gasteiger partial charge in [0.15, 0.2) is 5.82 Å². The molecule has 0 aromatic carbocycles. The van der Waals surface area contributed by atoms with Crippen molar-refractivity contribution in [2.75, 3.05) is 18.6 Å². The zero-order valence-electron chi connectivity index (χ0n) is 14.8. The third-order valence-electron chi connectivity index (χ3n) is 4.57. The monoisotopic (exact) mass is 340 g/mol. The molecular formula is C19H24N4O2. The molecule has 0 amide bonds. The van der Waals surface area contributed by atoms with Crippen molar-refractivity contribution >= 4 is 11.8 Å². The fourth-order valence-corrected chi connectivity index (χ4v) is 3.21. The molecule has 132 valence electrons. The highest BCUT2D eigenvalue weighted by atomic mass is 16.5. The number of anilines is 1. The van der Waals surface area contributed by atoms with Gasteiger partial charge in [0, 0.05) is 30.5 Å². The second-order valence-electron chi connectivity index (χ2n) is 6.23. The van der Waals surface area contributed by atoms with E-state index in [4.69, 9.17) is 9.72 Å². The normalized spacial score (nSPS) is 17.4. The number of pyridine rings is 1. The number of rotatable bonds is 5. The van der Waals surface area contributed by atoms with Crippen molar-refractivity contribution in [2.45, 2.75) is 45.1 Å². The van der Waals surface area contributed by atoms with Gasteiger partial charge in [-0.15, -0.1) is 0 Å². The van der Waals surface area contributed by atoms with E-state index in [0.717, 1.165) is 49.4 Å². The first-order valence-electron chi connectivity index (χ1n) is 8.84. The number of nitrogens with zero attached hydrogens (tertiary/aromatic N) is 4. The highest BCUT2D eigenvalue weighted by Crippen LogP contribution is 2.27. The molecule has 0 radical (unpaired) electrons. The van der Waals surface area contributed by atoms with Crippen LogP contribution in [0.25, 0.3) is 11.5 Å². The van der Waals surface area contributed by atoms with Gasteiger partial charge in [0.2, 0.25) is 0 Å². The van der Waals surface area contributed by atoms with Crippen molar-refractivity contribution in [2.24, 2.45) is 0 Å². The van der Waals surface area contributed by atoms with Crippen molar-refractivity contribution in [3.05, 3.63) is 36.2 Å². The predicted molar refractivity (Wildman–Crippen MR) is 96.3 cm³/mol. The second kappa shape index (κ2) is 8.05. The van der Waals surface area contributed by atoms with Gasteiger partial charge in [-0.2, -0.15) is 0 Å². The number of carbonyl (C=O) groups excluding carboxylic acids is 1. The van der Waals surface area contributed by atoms with E-state index in [2.05, 4.69) is 21.8 Å². The summed E-state index contributed by atoms with van der Waals surface area (Å²) in [5, 5.41) is 0. The second-order valence-corrected chi connectivity index (χ2v) is 6.23. The molecular weight excluding hydrogens is 316 g/mol. The molecule has 3 heterocycles. The van der Waals surface area contributed by atoms with Crippen molar-refractivity contribution in [3.63, 3.8) is 0 Å². The summed E-state index contributed by atoms with van der Waals surface area (Å²) in [5.74, 6) is 1.34. The van der Waals surface area contributed by atoms with E-state index < -0.39 is 0 Å². The average Bonchev–Trinajstić information content (AvgIpc) is 2.68. The smallest absolute Gasteiger partial charge is 0.307 e. The molecule has 1 aliphatic rings. The number of carbonyl (C=O) groups is 1. The van der Waals surface area contributed by atoms with E-state index in [0.29, 0.717) is 12.2 Å². The Morgan fingerprint density at radius 3 is 2.92 bits per heavy atom. The topological polar surface area (TPSA) is 68.2 Å². The van der Waals surface area contributed by atoms with Gasteiger partial charge in [-0.1, -0.05) is 13.0 Å². The van der Waals surface area contributed by atoms with Crippen LogP contribution in [0.4, 0.5) is 5.82 Å². The van der Waals surface area contributed by atoms with Gasteiger partial charge >= 0.3 is 5.97 Å². The zero-order chi connectivity index (χ0) is 17.6. The third-order valence-corrected chi connectivity index (χ3v) is 4.57. The summed E-state index contributed by atoms with van der Waals surface area (Å²) in [7, 11) is 1.44. The van der Waals surface area contributed by atoms with Crippen LogP contribution in [0.3, 0.4) is 0 Å².